The third-order valence-corrected chi connectivity index (χ3v) is 5.04. The van der Waals surface area contributed by atoms with Gasteiger partial charge in [-0.15, -0.1) is 4.57 Å². The zero-order valence-electron chi connectivity index (χ0n) is 18.3. The molecule has 0 bridgehead atoms. The zero-order chi connectivity index (χ0) is 23.5. The van der Waals surface area contributed by atoms with E-state index in [1.165, 1.54) is 6.07 Å². The summed E-state index contributed by atoms with van der Waals surface area (Å²) >= 11 is 6.11. The van der Waals surface area contributed by atoms with E-state index in [-0.39, 0.29) is 24.7 Å². The highest BCUT2D eigenvalue weighted by molar-refractivity contribution is 6.30. The molecule has 0 atom stereocenters. The summed E-state index contributed by atoms with van der Waals surface area (Å²) in [6, 6.07) is 13.6. The maximum absolute atomic E-state index is 12.5. The Labute approximate surface area is 194 Å². The molecule has 0 radical (unpaired) electrons. The fraction of sp³-hybridized carbons (Fsp3) is 0.208. The van der Waals surface area contributed by atoms with Gasteiger partial charge in [0.15, 0.2) is 12.3 Å². The summed E-state index contributed by atoms with van der Waals surface area (Å²) in [5.74, 6) is 1.20. The molecule has 0 aliphatic heterocycles. The number of benzene rings is 2. The number of rotatable bonds is 7. The first-order chi connectivity index (χ1) is 15.8. The number of hydrogen-bond donors (Lipinski definition) is 1. The van der Waals surface area contributed by atoms with Crippen molar-refractivity contribution in [1.29, 1.82) is 0 Å². The van der Waals surface area contributed by atoms with Crippen LogP contribution in [0.2, 0.25) is 5.02 Å². The van der Waals surface area contributed by atoms with Gasteiger partial charge in [-0.25, -0.2) is 4.98 Å². The second-order valence-electron chi connectivity index (χ2n) is 7.62. The molecular formula is C24H22ClN3O5. The Kier molecular flexibility index (Phi) is 6.37. The third-order valence-electron chi connectivity index (χ3n) is 4.81. The minimum Gasteiger partial charge on any atom is -0.485 e. The SMILES string of the molecule is Cc1ccc(OCC(=O)Nc2ccc(Cl)cc2OCc2cc(=O)n3oc(C)cc3n2)c(C)c1. The maximum atomic E-state index is 12.5. The Hall–Kier alpha value is -3.78. The van der Waals surface area contributed by atoms with E-state index in [1.54, 1.807) is 31.2 Å². The van der Waals surface area contributed by atoms with Gasteiger partial charge in [-0.05, 0) is 44.5 Å². The van der Waals surface area contributed by atoms with Crippen molar-refractivity contribution in [3.63, 3.8) is 0 Å². The van der Waals surface area contributed by atoms with Crippen molar-refractivity contribution in [2.24, 2.45) is 0 Å². The van der Waals surface area contributed by atoms with Crippen LogP contribution in [0.15, 0.2) is 57.8 Å². The smallest absolute Gasteiger partial charge is 0.287 e. The van der Waals surface area contributed by atoms with Gasteiger partial charge in [0, 0.05) is 23.2 Å². The summed E-state index contributed by atoms with van der Waals surface area (Å²) < 4.78 is 17.9. The first kappa shape index (κ1) is 22.4. The summed E-state index contributed by atoms with van der Waals surface area (Å²) in [5.41, 5.74) is 2.94. The minimum absolute atomic E-state index is 0.00174. The summed E-state index contributed by atoms with van der Waals surface area (Å²) in [4.78, 5) is 29.0. The molecule has 2 aromatic heterocycles. The molecule has 0 unspecified atom stereocenters. The average molecular weight is 468 g/mol. The molecule has 2 heterocycles. The van der Waals surface area contributed by atoms with Crippen molar-refractivity contribution < 1.29 is 18.8 Å². The fourth-order valence-electron chi connectivity index (χ4n) is 3.31. The van der Waals surface area contributed by atoms with Crippen LogP contribution in [0.25, 0.3) is 5.65 Å². The molecule has 0 saturated carbocycles. The van der Waals surface area contributed by atoms with Crippen molar-refractivity contribution in [3.05, 3.63) is 86.5 Å². The fourth-order valence-corrected chi connectivity index (χ4v) is 3.47. The van der Waals surface area contributed by atoms with Crippen LogP contribution in [-0.2, 0) is 11.4 Å². The third kappa shape index (κ3) is 5.35. The molecule has 2 aromatic carbocycles. The second-order valence-corrected chi connectivity index (χ2v) is 8.06. The van der Waals surface area contributed by atoms with Gasteiger partial charge in [0.05, 0.1) is 11.4 Å². The number of nitrogens with one attached hydrogen (secondary N) is 1. The number of aryl methyl sites for hydroxylation is 3. The number of hydrogen-bond acceptors (Lipinski definition) is 6. The van der Waals surface area contributed by atoms with Crippen LogP contribution in [-0.4, -0.2) is 22.1 Å². The van der Waals surface area contributed by atoms with Gasteiger partial charge >= 0.3 is 0 Å². The molecule has 0 fully saturated rings. The first-order valence-corrected chi connectivity index (χ1v) is 10.6. The first-order valence-electron chi connectivity index (χ1n) is 10.2. The number of amides is 1. The minimum atomic E-state index is -0.353. The highest BCUT2D eigenvalue weighted by Crippen LogP contribution is 2.29. The number of carbonyl (C=O) groups is 1. The van der Waals surface area contributed by atoms with Gasteiger partial charge in [-0.3, -0.25) is 9.59 Å². The molecule has 170 valence electrons. The molecule has 9 heteroatoms. The molecule has 0 saturated heterocycles. The van der Waals surface area contributed by atoms with Gasteiger partial charge in [0.25, 0.3) is 11.5 Å². The Morgan fingerprint density at radius 2 is 1.88 bits per heavy atom. The van der Waals surface area contributed by atoms with Crippen molar-refractivity contribution in [1.82, 2.24) is 9.56 Å². The molecule has 1 N–H and O–H groups in total. The Balaban J connectivity index is 1.45. The van der Waals surface area contributed by atoms with Crippen LogP contribution >= 0.6 is 11.6 Å². The summed E-state index contributed by atoms with van der Waals surface area (Å²) in [7, 11) is 0. The molecule has 0 aliphatic rings. The number of anilines is 1. The van der Waals surface area contributed by atoms with E-state index >= 15 is 0 Å². The second kappa shape index (κ2) is 9.38. The molecule has 0 spiro atoms. The van der Waals surface area contributed by atoms with E-state index < -0.39 is 0 Å². The van der Waals surface area contributed by atoms with Crippen LogP contribution in [0.4, 0.5) is 5.69 Å². The van der Waals surface area contributed by atoms with E-state index in [0.717, 1.165) is 15.7 Å². The van der Waals surface area contributed by atoms with E-state index in [4.69, 9.17) is 25.6 Å². The highest BCUT2D eigenvalue weighted by Gasteiger charge is 2.12. The Morgan fingerprint density at radius 1 is 1.06 bits per heavy atom. The van der Waals surface area contributed by atoms with E-state index in [2.05, 4.69) is 10.3 Å². The molecule has 1 amide bonds. The van der Waals surface area contributed by atoms with Crippen molar-refractivity contribution in [2.75, 3.05) is 11.9 Å². The zero-order valence-corrected chi connectivity index (χ0v) is 19.1. The topological polar surface area (TPSA) is 95.1 Å². The Bertz CT molecular complexity index is 1390. The molecule has 4 rings (SSSR count). The average Bonchev–Trinajstić information content (AvgIpc) is 3.14. The van der Waals surface area contributed by atoms with Gasteiger partial charge in [0.2, 0.25) is 0 Å². The van der Waals surface area contributed by atoms with E-state index in [9.17, 15) is 9.59 Å². The number of ether oxygens (including phenoxy) is 2. The number of carbonyl (C=O) groups excluding carboxylic acids is 1. The van der Waals surface area contributed by atoms with Crippen LogP contribution in [0.3, 0.4) is 0 Å². The van der Waals surface area contributed by atoms with Crippen LogP contribution in [0, 0.1) is 20.8 Å². The summed E-state index contributed by atoms with van der Waals surface area (Å²) in [5, 5.41) is 3.20. The van der Waals surface area contributed by atoms with Crippen molar-refractivity contribution >= 4 is 28.8 Å². The monoisotopic (exact) mass is 467 g/mol. The van der Waals surface area contributed by atoms with Crippen molar-refractivity contribution in [3.8, 4) is 11.5 Å². The lowest BCUT2D eigenvalue weighted by Gasteiger charge is -2.14. The molecule has 8 nitrogen and oxygen atoms in total. The van der Waals surface area contributed by atoms with Gasteiger partial charge in [-0.1, -0.05) is 29.3 Å². The van der Waals surface area contributed by atoms with E-state index in [0.29, 0.717) is 39.3 Å². The number of halogens is 1. The number of nitrogens with zero attached hydrogens (tertiary/aromatic N) is 2. The summed E-state index contributed by atoms with van der Waals surface area (Å²) in [6.45, 7) is 5.48. The predicted octanol–water partition coefficient (Wildman–Crippen LogP) is 4.46. The maximum Gasteiger partial charge on any atom is 0.287 e. The van der Waals surface area contributed by atoms with Crippen molar-refractivity contribution in [2.45, 2.75) is 27.4 Å². The predicted molar refractivity (Wildman–Crippen MR) is 124 cm³/mol. The molecule has 33 heavy (non-hydrogen) atoms. The lowest BCUT2D eigenvalue weighted by atomic mass is 10.1. The van der Waals surface area contributed by atoms with Crippen LogP contribution in [0.5, 0.6) is 11.5 Å². The molecule has 0 aliphatic carbocycles. The molecular weight excluding hydrogens is 446 g/mol. The quantitative estimate of drug-likeness (QED) is 0.431. The molecule has 4 aromatic rings. The highest BCUT2D eigenvalue weighted by atomic mass is 35.5. The van der Waals surface area contributed by atoms with Gasteiger partial charge in [0.1, 0.15) is 23.9 Å². The number of aromatic nitrogens is 2. The lowest BCUT2D eigenvalue weighted by molar-refractivity contribution is -0.118. The Morgan fingerprint density at radius 3 is 2.67 bits per heavy atom. The lowest BCUT2D eigenvalue weighted by Crippen LogP contribution is -2.21. The number of fused-ring (bicyclic) bond motifs is 1. The van der Waals surface area contributed by atoms with Gasteiger partial charge in [-0.2, -0.15) is 0 Å². The standard InChI is InChI=1S/C24H22ClN3O5/c1-14-4-7-20(15(2)8-14)32-13-23(29)27-19-6-5-17(25)10-21(19)31-12-18-11-24(30)28-22(26-18)9-16(3)33-28/h4-11H,12-13H2,1-3H3,(H,27,29). The van der Waals surface area contributed by atoms with Gasteiger partial charge < -0.3 is 19.3 Å². The normalized spacial score (nSPS) is 10.9. The van der Waals surface area contributed by atoms with Crippen LogP contribution in [0.1, 0.15) is 22.6 Å². The van der Waals surface area contributed by atoms with Crippen LogP contribution < -0.4 is 20.3 Å². The summed E-state index contributed by atoms with van der Waals surface area (Å²) in [6.07, 6.45) is 0. The largest absolute Gasteiger partial charge is 0.485 e. The van der Waals surface area contributed by atoms with E-state index in [1.807, 2.05) is 32.0 Å².